The Hall–Kier alpha value is -1.74. The summed E-state index contributed by atoms with van der Waals surface area (Å²) < 4.78 is 39.8. The van der Waals surface area contributed by atoms with Crippen molar-refractivity contribution in [3.05, 3.63) is 58.2 Å². The summed E-state index contributed by atoms with van der Waals surface area (Å²) in [7, 11) is -3.49. The molecule has 1 fully saturated rings. The van der Waals surface area contributed by atoms with Crippen LogP contribution >= 0.6 is 22.9 Å². The zero-order valence-electron chi connectivity index (χ0n) is 13.6. The number of carbonyl (C=O) groups excluding carboxylic acids is 1. The summed E-state index contributed by atoms with van der Waals surface area (Å²) in [5.74, 6) is -0.739. The first kappa shape index (κ1) is 19.0. The quantitative estimate of drug-likeness (QED) is 0.722. The monoisotopic (exact) mass is 414 g/mol. The van der Waals surface area contributed by atoms with Gasteiger partial charge in [-0.05, 0) is 35.2 Å². The Balaban J connectivity index is 1.60. The summed E-state index contributed by atoms with van der Waals surface area (Å²) in [5.41, 5.74) is 0.614. The van der Waals surface area contributed by atoms with Gasteiger partial charge in [0.05, 0.1) is 5.02 Å². The van der Waals surface area contributed by atoms with E-state index < -0.39 is 15.8 Å². The summed E-state index contributed by atoms with van der Waals surface area (Å²) in [6.07, 6.45) is 2.94. The lowest BCUT2D eigenvalue weighted by Gasteiger charge is -2.33. The zero-order chi connectivity index (χ0) is 18.7. The maximum absolute atomic E-state index is 13.1. The van der Waals surface area contributed by atoms with Gasteiger partial charge in [0, 0.05) is 32.3 Å². The number of amides is 1. The van der Waals surface area contributed by atoms with Crippen molar-refractivity contribution in [1.29, 1.82) is 0 Å². The summed E-state index contributed by atoms with van der Waals surface area (Å²) >= 11 is 6.89. The highest BCUT2D eigenvalue weighted by Gasteiger charge is 2.30. The van der Waals surface area contributed by atoms with Crippen LogP contribution in [0.25, 0.3) is 6.08 Å². The molecule has 1 aliphatic rings. The van der Waals surface area contributed by atoms with Gasteiger partial charge in [0.15, 0.2) is 0 Å². The molecule has 0 unspecified atom stereocenters. The summed E-state index contributed by atoms with van der Waals surface area (Å²) in [6.45, 7) is 1.14. The molecule has 1 aromatic carbocycles. The number of benzene rings is 1. The van der Waals surface area contributed by atoms with Gasteiger partial charge in [-0.2, -0.15) is 4.31 Å². The maximum atomic E-state index is 13.1. The fraction of sp³-hybridized carbons (Fsp3) is 0.235. The van der Waals surface area contributed by atoms with E-state index in [0.29, 0.717) is 22.9 Å². The third kappa shape index (κ3) is 4.15. The van der Waals surface area contributed by atoms with Crippen LogP contribution in [-0.4, -0.2) is 49.7 Å². The standard InChI is InChI=1S/C17H16ClFN2O3S2/c18-14-12-13(3-5-15(14)19)4-6-16(22)20-7-9-21(10-8-20)26(23,24)17-2-1-11-25-17/h1-6,11-12H,7-10H2/b6-4+. The SMILES string of the molecule is O=C(/C=C/c1ccc(F)c(Cl)c1)N1CCN(S(=O)(=O)c2cccs2)CC1. The number of nitrogens with zero attached hydrogens (tertiary/aromatic N) is 2. The van der Waals surface area contributed by atoms with E-state index in [1.165, 1.54) is 39.9 Å². The van der Waals surface area contributed by atoms with Crippen molar-refractivity contribution >= 4 is 44.9 Å². The van der Waals surface area contributed by atoms with Crippen molar-refractivity contribution in [2.45, 2.75) is 4.21 Å². The number of thiophene rings is 1. The third-order valence-corrected chi connectivity index (χ3v) is 7.56. The van der Waals surface area contributed by atoms with Gasteiger partial charge in [-0.3, -0.25) is 4.79 Å². The van der Waals surface area contributed by atoms with Gasteiger partial charge in [0.1, 0.15) is 10.0 Å². The highest BCUT2D eigenvalue weighted by atomic mass is 35.5. The van der Waals surface area contributed by atoms with Gasteiger partial charge in [-0.15, -0.1) is 11.3 Å². The van der Waals surface area contributed by atoms with Crippen LogP contribution in [0.15, 0.2) is 46.0 Å². The molecule has 138 valence electrons. The van der Waals surface area contributed by atoms with Crippen LogP contribution in [0.5, 0.6) is 0 Å². The Morgan fingerprint density at radius 2 is 1.92 bits per heavy atom. The molecule has 1 aromatic heterocycles. The second-order valence-corrected chi connectivity index (χ2v) is 9.19. The van der Waals surface area contributed by atoms with Crippen LogP contribution in [0.3, 0.4) is 0 Å². The number of halogens is 2. The first-order chi connectivity index (χ1) is 12.4. The molecule has 0 saturated carbocycles. The van der Waals surface area contributed by atoms with Gasteiger partial charge < -0.3 is 4.90 Å². The van der Waals surface area contributed by atoms with Crippen LogP contribution in [0.4, 0.5) is 4.39 Å². The third-order valence-electron chi connectivity index (χ3n) is 4.00. The molecule has 2 heterocycles. The number of sulfonamides is 1. The molecule has 26 heavy (non-hydrogen) atoms. The summed E-state index contributed by atoms with van der Waals surface area (Å²) in [6, 6.07) is 7.47. The number of hydrogen-bond donors (Lipinski definition) is 0. The van der Waals surface area contributed by atoms with Crippen molar-refractivity contribution in [1.82, 2.24) is 9.21 Å². The molecule has 0 atom stereocenters. The second-order valence-electron chi connectivity index (χ2n) is 5.67. The van der Waals surface area contributed by atoms with Gasteiger partial charge in [-0.1, -0.05) is 23.7 Å². The fourth-order valence-electron chi connectivity index (χ4n) is 2.58. The summed E-state index contributed by atoms with van der Waals surface area (Å²) in [5, 5.41) is 1.71. The minimum Gasteiger partial charge on any atom is -0.337 e. The Morgan fingerprint density at radius 3 is 2.54 bits per heavy atom. The summed E-state index contributed by atoms with van der Waals surface area (Å²) in [4.78, 5) is 13.9. The predicted molar refractivity (Wildman–Crippen MR) is 100 cm³/mol. The molecule has 9 heteroatoms. The highest BCUT2D eigenvalue weighted by Crippen LogP contribution is 2.22. The normalized spacial score (nSPS) is 16.3. The van der Waals surface area contributed by atoms with E-state index in [9.17, 15) is 17.6 Å². The number of piperazine rings is 1. The topological polar surface area (TPSA) is 57.7 Å². The minimum absolute atomic E-state index is 0.00741. The Kier molecular flexibility index (Phi) is 5.76. The fourth-order valence-corrected chi connectivity index (χ4v) is 5.33. The molecule has 2 aromatic rings. The molecule has 0 N–H and O–H groups in total. The highest BCUT2D eigenvalue weighted by molar-refractivity contribution is 7.91. The lowest BCUT2D eigenvalue weighted by molar-refractivity contribution is -0.127. The van der Waals surface area contributed by atoms with Gasteiger partial charge in [-0.25, -0.2) is 12.8 Å². The van der Waals surface area contributed by atoms with E-state index in [2.05, 4.69) is 0 Å². The second kappa shape index (κ2) is 7.87. The van der Waals surface area contributed by atoms with E-state index in [1.807, 2.05) is 0 Å². The molecule has 1 aliphatic heterocycles. The molecule has 0 aliphatic carbocycles. The van der Waals surface area contributed by atoms with E-state index in [1.54, 1.807) is 28.5 Å². The van der Waals surface area contributed by atoms with E-state index in [-0.39, 0.29) is 24.0 Å². The van der Waals surface area contributed by atoms with Crippen LogP contribution in [0, 0.1) is 5.82 Å². The van der Waals surface area contributed by atoms with E-state index in [4.69, 9.17) is 11.6 Å². The lowest BCUT2D eigenvalue weighted by atomic mass is 10.2. The van der Waals surface area contributed by atoms with Crippen molar-refractivity contribution in [3.8, 4) is 0 Å². The van der Waals surface area contributed by atoms with Crippen LogP contribution < -0.4 is 0 Å². The van der Waals surface area contributed by atoms with Crippen molar-refractivity contribution < 1.29 is 17.6 Å². The van der Waals surface area contributed by atoms with E-state index in [0.717, 1.165) is 0 Å². The number of hydrogen-bond acceptors (Lipinski definition) is 4. The molecule has 1 amide bonds. The predicted octanol–water partition coefficient (Wildman–Crippen LogP) is 3.09. The maximum Gasteiger partial charge on any atom is 0.252 e. The first-order valence-electron chi connectivity index (χ1n) is 7.83. The van der Waals surface area contributed by atoms with Crippen molar-refractivity contribution in [2.24, 2.45) is 0 Å². The van der Waals surface area contributed by atoms with Crippen molar-refractivity contribution in [2.75, 3.05) is 26.2 Å². The molecule has 0 radical (unpaired) electrons. The molecule has 1 saturated heterocycles. The average molecular weight is 415 g/mol. The van der Waals surface area contributed by atoms with Gasteiger partial charge in [0.2, 0.25) is 5.91 Å². The van der Waals surface area contributed by atoms with Gasteiger partial charge >= 0.3 is 0 Å². The smallest absolute Gasteiger partial charge is 0.252 e. The number of rotatable bonds is 4. The molecular weight excluding hydrogens is 399 g/mol. The molecule has 3 rings (SSSR count). The van der Waals surface area contributed by atoms with Crippen LogP contribution in [-0.2, 0) is 14.8 Å². The zero-order valence-corrected chi connectivity index (χ0v) is 16.0. The van der Waals surface area contributed by atoms with Crippen LogP contribution in [0.1, 0.15) is 5.56 Å². The minimum atomic E-state index is -3.49. The van der Waals surface area contributed by atoms with E-state index >= 15 is 0 Å². The average Bonchev–Trinajstić information content (AvgIpc) is 3.18. The van der Waals surface area contributed by atoms with Crippen LogP contribution in [0.2, 0.25) is 5.02 Å². The Bertz CT molecular complexity index is 921. The number of carbonyl (C=O) groups is 1. The molecule has 0 bridgehead atoms. The first-order valence-corrected chi connectivity index (χ1v) is 10.5. The van der Waals surface area contributed by atoms with Crippen molar-refractivity contribution in [3.63, 3.8) is 0 Å². The largest absolute Gasteiger partial charge is 0.337 e. The lowest BCUT2D eigenvalue weighted by Crippen LogP contribution is -2.50. The molecular formula is C17H16ClFN2O3S2. The molecule has 0 spiro atoms. The Morgan fingerprint density at radius 1 is 1.19 bits per heavy atom. The van der Waals surface area contributed by atoms with Gasteiger partial charge in [0.25, 0.3) is 10.0 Å². The Labute approximate surface area is 160 Å². The molecule has 5 nitrogen and oxygen atoms in total.